The standard InChI is InChI=1S/C13H19N5O.ClH/c1-9(2)13(3,8-14)17-12(19)10-6-16-18-5-4-15-7-11(10)18;/h4-7,9H,8,14H2,1-3H3,(H,17,19);1H. The molecule has 0 saturated heterocycles. The highest BCUT2D eigenvalue weighted by Gasteiger charge is 2.29. The zero-order valence-electron chi connectivity index (χ0n) is 11.8. The van der Waals surface area contributed by atoms with Gasteiger partial charge < -0.3 is 11.1 Å². The highest BCUT2D eigenvalue weighted by molar-refractivity contribution is 6.00. The van der Waals surface area contributed by atoms with Crippen LogP contribution in [0.3, 0.4) is 0 Å². The molecule has 1 amide bonds. The molecule has 7 heteroatoms. The molecule has 2 heterocycles. The van der Waals surface area contributed by atoms with Gasteiger partial charge in [-0.1, -0.05) is 13.8 Å². The number of carbonyl (C=O) groups excluding carboxylic acids is 1. The van der Waals surface area contributed by atoms with Crippen molar-refractivity contribution in [3.63, 3.8) is 0 Å². The van der Waals surface area contributed by atoms with Crippen LogP contribution in [0.5, 0.6) is 0 Å². The maximum atomic E-state index is 12.4. The van der Waals surface area contributed by atoms with E-state index in [2.05, 4.69) is 15.4 Å². The van der Waals surface area contributed by atoms with Crippen LogP contribution in [0.25, 0.3) is 5.52 Å². The molecule has 2 aromatic rings. The van der Waals surface area contributed by atoms with Crippen molar-refractivity contribution in [3.8, 4) is 0 Å². The summed E-state index contributed by atoms with van der Waals surface area (Å²) >= 11 is 0. The van der Waals surface area contributed by atoms with E-state index in [1.807, 2.05) is 20.8 Å². The molecule has 0 aromatic carbocycles. The van der Waals surface area contributed by atoms with Gasteiger partial charge in [0.25, 0.3) is 5.91 Å². The third kappa shape index (κ3) is 2.91. The first-order valence-electron chi connectivity index (χ1n) is 6.28. The minimum absolute atomic E-state index is 0. The molecule has 2 rings (SSSR count). The normalized spacial score (nSPS) is 13.8. The first-order chi connectivity index (χ1) is 8.98. The molecule has 0 aliphatic heterocycles. The summed E-state index contributed by atoms with van der Waals surface area (Å²) in [5.74, 6) is 0.0612. The Morgan fingerprint density at radius 3 is 2.80 bits per heavy atom. The van der Waals surface area contributed by atoms with Gasteiger partial charge in [0, 0.05) is 18.9 Å². The van der Waals surface area contributed by atoms with E-state index in [1.54, 1.807) is 29.3 Å². The number of halogens is 1. The number of carbonyl (C=O) groups is 1. The molecule has 0 saturated carbocycles. The Kier molecular flexibility index (Phi) is 5.08. The lowest BCUT2D eigenvalue weighted by atomic mass is 9.88. The van der Waals surface area contributed by atoms with E-state index in [4.69, 9.17) is 5.73 Å². The highest BCUT2D eigenvalue weighted by Crippen LogP contribution is 2.17. The van der Waals surface area contributed by atoms with Crippen molar-refractivity contribution in [2.75, 3.05) is 6.54 Å². The van der Waals surface area contributed by atoms with Gasteiger partial charge in [-0.3, -0.25) is 9.78 Å². The Bertz CT molecular complexity index is 597. The summed E-state index contributed by atoms with van der Waals surface area (Å²) in [6.07, 6.45) is 6.50. The van der Waals surface area contributed by atoms with E-state index in [-0.39, 0.29) is 24.2 Å². The molecule has 6 nitrogen and oxygen atoms in total. The van der Waals surface area contributed by atoms with Crippen LogP contribution in [0.1, 0.15) is 31.1 Å². The molecule has 1 unspecified atom stereocenters. The van der Waals surface area contributed by atoms with Crippen LogP contribution in [-0.2, 0) is 0 Å². The molecule has 2 aromatic heterocycles. The Labute approximate surface area is 124 Å². The molecule has 0 fully saturated rings. The minimum Gasteiger partial charge on any atom is -0.345 e. The lowest BCUT2D eigenvalue weighted by molar-refractivity contribution is 0.0885. The Morgan fingerprint density at radius 1 is 1.50 bits per heavy atom. The van der Waals surface area contributed by atoms with E-state index < -0.39 is 5.54 Å². The van der Waals surface area contributed by atoms with Gasteiger partial charge in [0.05, 0.1) is 29.0 Å². The fourth-order valence-electron chi connectivity index (χ4n) is 1.77. The molecule has 0 bridgehead atoms. The van der Waals surface area contributed by atoms with E-state index in [9.17, 15) is 4.79 Å². The van der Waals surface area contributed by atoms with Crippen LogP contribution >= 0.6 is 12.4 Å². The van der Waals surface area contributed by atoms with Gasteiger partial charge in [-0.25, -0.2) is 4.52 Å². The average Bonchev–Trinajstić information content (AvgIpc) is 2.82. The topological polar surface area (TPSA) is 85.3 Å². The summed E-state index contributed by atoms with van der Waals surface area (Å²) in [5, 5.41) is 7.12. The van der Waals surface area contributed by atoms with E-state index in [1.165, 1.54) is 0 Å². The second-order valence-corrected chi connectivity index (χ2v) is 5.19. The largest absolute Gasteiger partial charge is 0.345 e. The fraction of sp³-hybridized carbons (Fsp3) is 0.462. The number of hydrogen-bond acceptors (Lipinski definition) is 4. The summed E-state index contributed by atoms with van der Waals surface area (Å²) in [5.41, 5.74) is 6.53. The summed E-state index contributed by atoms with van der Waals surface area (Å²) in [6.45, 7) is 6.39. The highest BCUT2D eigenvalue weighted by atomic mass is 35.5. The number of amides is 1. The molecule has 110 valence electrons. The van der Waals surface area contributed by atoms with Crippen LogP contribution in [0.4, 0.5) is 0 Å². The van der Waals surface area contributed by atoms with Gasteiger partial charge in [-0.2, -0.15) is 5.10 Å². The molecular weight excluding hydrogens is 278 g/mol. The molecule has 1 atom stereocenters. The van der Waals surface area contributed by atoms with E-state index in [0.29, 0.717) is 17.6 Å². The molecule has 0 aliphatic rings. The van der Waals surface area contributed by atoms with Crippen molar-refractivity contribution >= 4 is 23.8 Å². The zero-order chi connectivity index (χ0) is 14.0. The van der Waals surface area contributed by atoms with Crippen molar-refractivity contribution in [1.82, 2.24) is 19.9 Å². The van der Waals surface area contributed by atoms with Crippen LogP contribution in [0.2, 0.25) is 0 Å². The number of rotatable bonds is 4. The SMILES string of the molecule is CC(C)C(C)(CN)NC(=O)c1cnn2ccncc12.Cl. The summed E-state index contributed by atoms with van der Waals surface area (Å²) in [4.78, 5) is 16.4. The van der Waals surface area contributed by atoms with Crippen molar-refractivity contribution in [2.24, 2.45) is 11.7 Å². The first-order valence-corrected chi connectivity index (χ1v) is 6.28. The lowest BCUT2D eigenvalue weighted by Crippen LogP contribution is -2.55. The summed E-state index contributed by atoms with van der Waals surface area (Å²) in [7, 11) is 0. The van der Waals surface area contributed by atoms with Crippen LogP contribution in [0.15, 0.2) is 24.8 Å². The number of hydrogen-bond donors (Lipinski definition) is 2. The lowest BCUT2D eigenvalue weighted by Gasteiger charge is -2.33. The predicted molar refractivity (Wildman–Crippen MR) is 80.0 cm³/mol. The van der Waals surface area contributed by atoms with Gasteiger partial charge in [-0.05, 0) is 12.8 Å². The molecule has 3 N–H and O–H groups in total. The van der Waals surface area contributed by atoms with Gasteiger partial charge in [-0.15, -0.1) is 12.4 Å². The number of nitrogens with two attached hydrogens (primary N) is 1. The average molecular weight is 298 g/mol. The maximum Gasteiger partial charge on any atom is 0.255 e. The first kappa shape index (κ1) is 16.4. The molecule has 0 aliphatic carbocycles. The second kappa shape index (κ2) is 6.19. The van der Waals surface area contributed by atoms with Crippen LogP contribution in [-0.4, -0.2) is 32.6 Å². The molecular formula is C13H20ClN5O. The Balaban J connectivity index is 0.00000200. The van der Waals surface area contributed by atoms with Crippen molar-refractivity contribution in [2.45, 2.75) is 26.3 Å². The zero-order valence-corrected chi connectivity index (χ0v) is 12.6. The number of aromatic nitrogens is 3. The molecule has 0 radical (unpaired) electrons. The molecule has 20 heavy (non-hydrogen) atoms. The van der Waals surface area contributed by atoms with Gasteiger partial charge >= 0.3 is 0 Å². The summed E-state index contributed by atoms with van der Waals surface area (Å²) in [6, 6.07) is 0. The monoisotopic (exact) mass is 297 g/mol. The van der Waals surface area contributed by atoms with E-state index >= 15 is 0 Å². The number of fused-ring (bicyclic) bond motifs is 1. The quantitative estimate of drug-likeness (QED) is 0.889. The van der Waals surface area contributed by atoms with Crippen LogP contribution in [0, 0.1) is 5.92 Å². The predicted octanol–water partition coefficient (Wildman–Crippen LogP) is 1.25. The molecule has 0 spiro atoms. The second-order valence-electron chi connectivity index (χ2n) is 5.19. The van der Waals surface area contributed by atoms with Crippen molar-refractivity contribution in [1.29, 1.82) is 0 Å². The van der Waals surface area contributed by atoms with Crippen molar-refractivity contribution in [3.05, 3.63) is 30.4 Å². The van der Waals surface area contributed by atoms with Crippen molar-refractivity contribution < 1.29 is 4.79 Å². The maximum absolute atomic E-state index is 12.4. The van der Waals surface area contributed by atoms with E-state index in [0.717, 1.165) is 0 Å². The van der Waals surface area contributed by atoms with Crippen LogP contribution < -0.4 is 11.1 Å². The van der Waals surface area contributed by atoms with Gasteiger partial charge in [0.15, 0.2) is 0 Å². The minimum atomic E-state index is -0.437. The Hall–Kier alpha value is -1.66. The van der Waals surface area contributed by atoms with Gasteiger partial charge in [0.1, 0.15) is 0 Å². The third-order valence-electron chi connectivity index (χ3n) is 3.67. The fourth-order valence-corrected chi connectivity index (χ4v) is 1.77. The smallest absolute Gasteiger partial charge is 0.255 e. The summed E-state index contributed by atoms with van der Waals surface area (Å²) < 4.78 is 1.62. The Morgan fingerprint density at radius 2 is 2.20 bits per heavy atom. The van der Waals surface area contributed by atoms with Gasteiger partial charge in [0.2, 0.25) is 0 Å². The number of nitrogens with one attached hydrogen (secondary N) is 1. The third-order valence-corrected chi connectivity index (χ3v) is 3.67. The number of nitrogens with zero attached hydrogens (tertiary/aromatic N) is 3.